The molecule has 0 rings (SSSR count). The molecule has 0 N–H and O–H groups in total. The molecule has 1 atom stereocenters. The maximum atomic E-state index is 11.2. The normalized spacial score (nSPS) is 12.8. The number of hydrogen-bond acceptors (Lipinski definition) is 1. The van der Waals surface area contributed by atoms with Gasteiger partial charge < -0.3 is 0 Å². The smallest absolute Gasteiger partial charge is 0.212 e. The minimum absolute atomic E-state index is 0.948. The van der Waals surface area contributed by atoms with Crippen molar-refractivity contribution >= 4 is 0 Å². The van der Waals surface area contributed by atoms with Crippen LogP contribution in [0.25, 0.3) is 0 Å². The lowest BCUT2D eigenvalue weighted by atomic mass is 10.5. The van der Waals surface area contributed by atoms with Crippen molar-refractivity contribution in [2.45, 2.75) is 6.17 Å². The Morgan fingerprint density at radius 1 is 2.00 bits per heavy atom. The molecule has 0 heterocycles. The summed E-state index contributed by atoms with van der Waals surface area (Å²) in [6.07, 6.45) is -1.81. The zero-order valence-corrected chi connectivity index (χ0v) is 3.02. The van der Waals surface area contributed by atoms with Gasteiger partial charge in [0.15, 0.2) is 0 Å². The Balaban J connectivity index is 3.04. The third-order valence-electron chi connectivity index (χ3n) is 0.286. The Labute approximate surface area is 34.8 Å². The van der Waals surface area contributed by atoms with Crippen molar-refractivity contribution in [3.63, 3.8) is 0 Å². The van der Waals surface area contributed by atoms with E-state index in [2.05, 4.69) is 0 Å². The van der Waals surface area contributed by atoms with Gasteiger partial charge in [-0.15, -0.1) is 0 Å². The molecule has 0 aliphatic carbocycles. The van der Waals surface area contributed by atoms with Crippen molar-refractivity contribution in [1.82, 2.24) is 0 Å². The molecule has 0 aliphatic heterocycles. The number of alkyl halides is 1. The Bertz CT molecular complexity index is 67.7. The highest BCUT2D eigenvalue weighted by Gasteiger charge is 1.97. The van der Waals surface area contributed by atoms with E-state index in [1.807, 2.05) is 0 Å². The first-order chi connectivity index (χ1) is 2.81. The predicted molar refractivity (Wildman–Crippen MR) is 16.1 cm³/mol. The van der Waals surface area contributed by atoms with Gasteiger partial charge in [0, 0.05) is 0 Å². The Kier molecular flexibility index (Phi) is 2.34. The largest absolute Gasteiger partial charge is 0.232 e. The van der Waals surface area contributed by atoms with Crippen molar-refractivity contribution < 1.29 is 9.50 Å². The van der Waals surface area contributed by atoms with Crippen LogP contribution < -0.4 is 0 Å². The zero-order chi connectivity index (χ0) is 4.99. The summed E-state index contributed by atoms with van der Waals surface area (Å²) in [4.78, 5) is 0. The van der Waals surface area contributed by atoms with Crippen LogP contribution in [-0.4, -0.2) is 12.8 Å². The molecule has 0 aromatic carbocycles. The maximum Gasteiger partial charge on any atom is 0.212 e. The second kappa shape index (κ2) is 2.61. The summed E-state index contributed by atoms with van der Waals surface area (Å²) in [5.74, 6) is 0. The van der Waals surface area contributed by atoms with E-state index >= 15 is 0 Å². The van der Waals surface area contributed by atoms with Crippen molar-refractivity contribution in [3.05, 3.63) is 0 Å². The molecule has 0 spiro atoms. The van der Waals surface area contributed by atoms with Gasteiger partial charge in [0.2, 0.25) is 6.17 Å². The van der Waals surface area contributed by atoms with Gasteiger partial charge in [-0.05, 0) is 0 Å². The fraction of sp³-hybridized carbons (Fsp3) is 0.667. The van der Waals surface area contributed by atoms with E-state index in [0.717, 1.165) is 6.07 Å². The number of hydrogen-bond donors (Lipinski definition) is 0. The van der Waals surface area contributed by atoms with Crippen LogP contribution in [0.15, 0.2) is 0 Å². The van der Waals surface area contributed by atoms with Crippen LogP contribution >= 0.6 is 0 Å². The number of halogens is 1. The maximum absolute atomic E-state index is 11.2. The minimum atomic E-state index is -1.81. The SMILES string of the molecule is N#CC(F)C[O]. The second-order valence-corrected chi connectivity index (χ2v) is 0.763. The van der Waals surface area contributed by atoms with Gasteiger partial charge in [0.1, 0.15) is 12.7 Å². The van der Waals surface area contributed by atoms with Crippen molar-refractivity contribution in [3.8, 4) is 6.07 Å². The summed E-state index contributed by atoms with van der Waals surface area (Å²) in [7, 11) is 0. The first-order valence-corrected chi connectivity index (χ1v) is 1.43. The average Bonchev–Trinajstić information content (AvgIpc) is 1.65. The predicted octanol–water partition coefficient (Wildman–Crippen LogP) is 0.279. The van der Waals surface area contributed by atoms with Crippen molar-refractivity contribution in [1.29, 1.82) is 5.26 Å². The van der Waals surface area contributed by atoms with Gasteiger partial charge in [-0.25, -0.2) is 9.50 Å². The average molecular weight is 88.1 g/mol. The van der Waals surface area contributed by atoms with Crippen LogP contribution in [0, 0.1) is 11.3 Å². The van der Waals surface area contributed by atoms with E-state index in [9.17, 15) is 9.50 Å². The second-order valence-electron chi connectivity index (χ2n) is 0.763. The first-order valence-electron chi connectivity index (χ1n) is 1.43. The van der Waals surface area contributed by atoms with Gasteiger partial charge in [-0.1, -0.05) is 0 Å². The molecule has 0 aromatic rings. The lowest BCUT2D eigenvalue weighted by Crippen LogP contribution is -1.98. The molecule has 1 unspecified atom stereocenters. The van der Waals surface area contributed by atoms with Gasteiger partial charge in [0.25, 0.3) is 0 Å². The van der Waals surface area contributed by atoms with Crippen LogP contribution in [0.3, 0.4) is 0 Å². The van der Waals surface area contributed by atoms with Gasteiger partial charge >= 0.3 is 0 Å². The molecule has 1 radical (unpaired) electrons. The molecule has 6 heavy (non-hydrogen) atoms. The van der Waals surface area contributed by atoms with Crippen LogP contribution in [0.5, 0.6) is 0 Å². The lowest BCUT2D eigenvalue weighted by molar-refractivity contribution is 0.140. The molecule has 0 amide bonds. The number of nitrogens with zero attached hydrogens (tertiary/aromatic N) is 1. The molecular formula is C3H3FNO. The third-order valence-corrected chi connectivity index (χ3v) is 0.286. The van der Waals surface area contributed by atoms with Crippen LogP contribution in [0.4, 0.5) is 4.39 Å². The van der Waals surface area contributed by atoms with E-state index < -0.39 is 12.8 Å². The lowest BCUT2D eigenvalue weighted by Gasteiger charge is -1.80. The van der Waals surface area contributed by atoms with Gasteiger partial charge in [-0.2, -0.15) is 5.26 Å². The molecule has 3 heteroatoms. The van der Waals surface area contributed by atoms with Crippen LogP contribution in [0.2, 0.25) is 0 Å². The standard InChI is InChI=1S/C3H3FNO/c4-3(1-5)2-6/h3H,2H2. The molecule has 0 fully saturated rings. The Morgan fingerprint density at radius 2 is 2.50 bits per heavy atom. The third kappa shape index (κ3) is 1.68. The van der Waals surface area contributed by atoms with E-state index in [-0.39, 0.29) is 0 Å². The summed E-state index contributed by atoms with van der Waals surface area (Å²) >= 11 is 0. The molecule has 0 saturated carbocycles. The molecule has 33 valence electrons. The minimum Gasteiger partial charge on any atom is -0.232 e. The monoisotopic (exact) mass is 88.0 g/mol. The molecule has 0 aromatic heterocycles. The Hall–Kier alpha value is -0.620. The molecular weight excluding hydrogens is 85.0 g/mol. The fourth-order valence-electron chi connectivity index (χ4n) is 0.0373. The summed E-state index contributed by atoms with van der Waals surface area (Å²) in [5, 5.41) is 16.8. The van der Waals surface area contributed by atoms with E-state index in [4.69, 9.17) is 5.26 Å². The highest BCUT2D eigenvalue weighted by molar-refractivity contribution is 4.80. The van der Waals surface area contributed by atoms with E-state index in [0.29, 0.717) is 0 Å². The van der Waals surface area contributed by atoms with Crippen LogP contribution in [0.1, 0.15) is 0 Å². The molecule has 0 bridgehead atoms. The fourth-order valence-corrected chi connectivity index (χ4v) is 0.0373. The first kappa shape index (κ1) is 5.38. The topological polar surface area (TPSA) is 43.7 Å². The number of nitriles is 1. The van der Waals surface area contributed by atoms with Crippen molar-refractivity contribution in [2.75, 3.05) is 6.61 Å². The van der Waals surface area contributed by atoms with Gasteiger partial charge in [0.05, 0.1) is 0 Å². The Morgan fingerprint density at radius 3 is 2.50 bits per heavy atom. The number of rotatable bonds is 1. The van der Waals surface area contributed by atoms with Crippen LogP contribution in [-0.2, 0) is 5.11 Å². The van der Waals surface area contributed by atoms with Gasteiger partial charge in [-0.3, -0.25) is 0 Å². The van der Waals surface area contributed by atoms with Crippen molar-refractivity contribution in [2.24, 2.45) is 0 Å². The van der Waals surface area contributed by atoms with E-state index in [1.54, 1.807) is 0 Å². The molecule has 0 aliphatic rings. The quantitative estimate of drug-likeness (QED) is 0.454. The molecule has 0 saturated heterocycles. The summed E-state index contributed by atoms with van der Waals surface area (Å²) in [5.41, 5.74) is 0. The summed E-state index contributed by atoms with van der Waals surface area (Å²) < 4.78 is 11.2. The molecule has 2 nitrogen and oxygen atoms in total. The summed E-state index contributed by atoms with van der Waals surface area (Å²) in [6, 6.07) is 1.14. The highest BCUT2D eigenvalue weighted by Crippen LogP contribution is 1.81. The zero-order valence-electron chi connectivity index (χ0n) is 3.02. The highest BCUT2D eigenvalue weighted by atomic mass is 19.1. The summed E-state index contributed by atoms with van der Waals surface area (Å²) in [6.45, 7) is -0.948. The van der Waals surface area contributed by atoms with E-state index in [1.165, 1.54) is 0 Å².